The third-order valence-electron chi connectivity index (χ3n) is 10.4. The van der Waals surface area contributed by atoms with Gasteiger partial charge in [0.25, 0.3) is 5.91 Å². The van der Waals surface area contributed by atoms with E-state index in [2.05, 4.69) is 29.6 Å². The van der Waals surface area contributed by atoms with Crippen LogP contribution < -0.4 is 20.1 Å². The van der Waals surface area contributed by atoms with E-state index < -0.39 is 52.6 Å². The molecule has 3 fully saturated rings. The lowest BCUT2D eigenvalue weighted by Gasteiger charge is -2.37. The smallest absolute Gasteiger partial charge is 0.292 e. The Kier molecular flexibility index (Phi) is 14.0. The van der Waals surface area contributed by atoms with E-state index >= 15 is 0 Å². The van der Waals surface area contributed by atoms with Crippen molar-refractivity contribution in [1.29, 1.82) is 0 Å². The lowest BCUT2D eigenvalue weighted by Crippen LogP contribution is -2.59. The van der Waals surface area contributed by atoms with Crippen LogP contribution >= 0.6 is 11.6 Å². The number of nitrogens with one attached hydrogen (secondary N) is 2. The number of Topliss-reactive ketones (excluding diaryl/α,β-unsaturated/α-hetero) is 1. The molecule has 1 spiro atoms. The Bertz CT molecular complexity index is 1600. The number of methoxy groups -OCH3 is 2. The van der Waals surface area contributed by atoms with Crippen LogP contribution in [0.25, 0.3) is 0 Å². The largest absolute Gasteiger partial charge is 0.496 e. The van der Waals surface area contributed by atoms with Gasteiger partial charge in [-0.05, 0) is 43.1 Å². The highest BCUT2D eigenvalue weighted by Gasteiger charge is 2.56. The summed E-state index contributed by atoms with van der Waals surface area (Å²) in [6.45, 7) is 15.4. The molecule has 1 aromatic carbocycles. The van der Waals surface area contributed by atoms with Crippen molar-refractivity contribution in [1.82, 2.24) is 20.4 Å². The molecule has 15 heteroatoms. The van der Waals surface area contributed by atoms with Crippen molar-refractivity contribution in [2.24, 2.45) is 16.0 Å². The molecule has 4 atom stereocenters. The third-order valence-corrected chi connectivity index (χ3v) is 10.7. The molecule has 0 saturated carbocycles. The van der Waals surface area contributed by atoms with Crippen LogP contribution in [0.5, 0.6) is 11.5 Å². The van der Waals surface area contributed by atoms with Crippen LogP contribution in [-0.2, 0) is 33.5 Å². The van der Waals surface area contributed by atoms with Crippen LogP contribution in [0.2, 0.25) is 5.02 Å². The molecule has 0 unspecified atom stereocenters. The van der Waals surface area contributed by atoms with Gasteiger partial charge in [0.2, 0.25) is 23.5 Å². The van der Waals surface area contributed by atoms with Gasteiger partial charge >= 0.3 is 0 Å². The third kappa shape index (κ3) is 9.84. The maximum Gasteiger partial charge on any atom is 0.292 e. The summed E-state index contributed by atoms with van der Waals surface area (Å²) in [6, 6.07) is 0.0863. The number of oxime groups is 1. The van der Waals surface area contributed by atoms with Gasteiger partial charge < -0.3 is 39.5 Å². The highest BCUT2D eigenvalue weighted by molar-refractivity contribution is 6.38. The minimum absolute atomic E-state index is 0.0321. The van der Waals surface area contributed by atoms with Gasteiger partial charge in [0.05, 0.1) is 37.5 Å². The lowest BCUT2D eigenvalue weighted by molar-refractivity contribution is -0.149. The number of ketones is 1. The zero-order valence-electron chi connectivity index (χ0n) is 33.3. The van der Waals surface area contributed by atoms with Crippen molar-refractivity contribution in [3.63, 3.8) is 0 Å². The van der Waals surface area contributed by atoms with Gasteiger partial charge in [0.1, 0.15) is 23.6 Å². The summed E-state index contributed by atoms with van der Waals surface area (Å²) >= 11 is 6.46. The summed E-state index contributed by atoms with van der Waals surface area (Å²) in [4.78, 5) is 76.7. The number of hydrogen-bond donors (Lipinski definition) is 2. The number of carbonyl (C=O) groups excluding carboxylic acids is 5. The Morgan fingerprint density at radius 2 is 1.67 bits per heavy atom. The first-order valence-electron chi connectivity index (χ1n) is 18.9. The molecule has 0 radical (unpaired) electrons. The zero-order valence-corrected chi connectivity index (χ0v) is 34.0. The lowest BCUT2D eigenvalue weighted by atomic mass is 9.78. The Hall–Kier alpha value is -3.91. The molecule has 4 amide bonds. The first kappa shape index (κ1) is 42.8. The Labute approximate surface area is 323 Å². The quantitative estimate of drug-likeness (QED) is 0.312. The number of halogens is 1. The van der Waals surface area contributed by atoms with E-state index in [4.69, 9.17) is 30.6 Å². The van der Waals surface area contributed by atoms with Gasteiger partial charge in [-0.1, -0.05) is 64.7 Å². The number of likely N-dealkylation sites (tertiary alicyclic amines) is 2. The number of ether oxygens (including phenoxy) is 3. The van der Waals surface area contributed by atoms with Crippen molar-refractivity contribution < 1.29 is 43.0 Å². The summed E-state index contributed by atoms with van der Waals surface area (Å²) in [5.41, 5.74) is -1.05. The fourth-order valence-electron chi connectivity index (χ4n) is 7.05. The van der Waals surface area contributed by atoms with Crippen LogP contribution in [0.15, 0.2) is 17.3 Å². The molecule has 1 aromatic rings. The second-order valence-electron chi connectivity index (χ2n) is 16.3. The summed E-state index contributed by atoms with van der Waals surface area (Å²) in [5.74, 6) is -1.88. The molecule has 300 valence electrons. The molecule has 54 heavy (non-hydrogen) atoms. The van der Waals surface area contributed by atoms with E-state index in [1.54, 1.807) is 12.1 Å². The molecular weight excluding hydrogens is 718 g/mol. The van der Waals surface area contributed by atoms with Gasteiger partial charge in [0, 0.05) is 57.2 Å². The molecule has 4 aliphatic heterocycles. The Morgan fingerprint density at radius 1 is 1.04 bits per heavy atom. The van der Waals surface area contributed by atoms with E-state index in [1.807, 2.05) is 27.7 Å². The first-order valence-corrected chi connectivity index (χ1v) is 19.3. The van der Waals surface area contributed by atoms with E-state index in [0.29, 0.717) is 54.1 Å². The SMILES string of the molecule is CCC.COc1cc(OC)c(C2=NO[C@]3(C2)C[C@@H](C(=O)N[C@@H](C)C(=O)C(=O)N2CCC2)N(C(=O)[C@@H](NC(=O)CC2(C)CCOCC2)C(C)(C)C)C3)cc1Cl. The van der Waals surface area contributed by atoms with Crippen molar-refractivity contribution in [2.75, 3.05) is 47.1 Å². The van der Waals surface area contributed by atoms with Crippen LogP contribution in [0.4, 0.5) is 0 Å². The number of rotatable bonds is 11. The van der Waals surface area contributed by atoms with Crippen molar-refractivity contribution in [3.05, 3.63) is 22.7 Å². The fraction of sp³-hybridized carbons (Fsp3) is 0.692. The summed E-state index contributed by atoms with van der Waals surface area (Å²) in [5, 5.41) is 10.4. The van der Waals surface area contributed by atoms with Gasteiger partial charge in [-0.2, -0.15) is 0 Å². The summed E-state index contributed by atoms with van der Waals surface area (Å²) < 4.78 is 16.4. The molecular formula is C39H58ClN5O9. The van der Waals surface area contributed by atoms with Crippen molar-refractivity contribution in [2.45, 2.75) is 117 Å². The number of amides is 4. The first-order chi connectivity index (χ1) is 25.4. The van der Waals surface area contributed by atoms with Crippen LogP contribution in [0, 0.1) is 10.8 Å². The molecule has 0 aliphatic carbocycles. The minimum Gasteiger partial charge on any atom is -0.496 e. The van der Waals surface area contributed by atoms with Gasteiger partial charge in [-0.15, -0.1) is 0 Å². The molecule has 14 nitrogen and oxygen atoms in total. The van der Waals surface area contributed by atoms with Crippen LogP contribution in [-0.4, -0.2) is 116 Å². The molecule has 0 bridgehead atoms. The van der Waals surface area contributed by atoms with E-state index in [1.165, 1.54) is 37.4 Å². The maximum absolute atomic E-state index is 14.6. The second-order valence-corrected chi connectivity index (χ2v) is 16.7. The minimum atomic E-state index is -1.13. The second kappa shape index (κ2) is 17.7. The highest BCUT2D eigenvalue weighted by atomic mass is 35.5. The van der Waals surface area contributed by atoms with Crippen molar-refractivity contribution >= 4 is 46.7 Å². The number of hydrogen-bond acceptors (Lipinski definition) is 10. The number of nitrogens with zero attached hydrogens (tertiary/aromatic N) is 3. The molecule has 2 N–H and O–H groups in total. The van der Waals surface area contributed by atoms with Crippen molar-refractivity contribution in [3.8, 4) is 11.5 Å². The molecule has 4 aliphatic rings. The Balaban J connectivity index is 0.00000209. The predicted octanol–water partition coefficient (Wildman–Crippen LogP) is 4.28. The molecule has 3 saturated heterocycles. The van der Waals surface area contributed by atoms with E-state index in [-0.39, 0.29) is 37.1 Å². The summed E-state index contributed by atoms with van der Waals surface area (Å²) in [6.07, 6.45) is 3.99. The molecule has 0 aromatic heterocycles. The predicted molar refractivity (Wildman–Crippen MR) is 204 cm³/mol. The maximum atomic E-state index is 14.6. The standard InChI is InChI=1S/C36H50ClN5O9.C3H8/c1-21(29(44)32(46)41-11-8-12-41)38-31(45)25-18-36(17-24(40-51-36)22-15-23(37)27(49-7)16-26(22)48-6)20-42(25)33(47)30(34(2,3)4)39-28(43)19-35(5)9-13-50-14-10-35;1-3-2/h15-16,21,25,30H,8-14,17-20H2,1-7H3,(H,38,45)(H,39,43);3H2,1-2H3/t21-,25-,30+,36+;/m0./s1. The highest BCUT2D eigenvalue weighted by Crippen LogP contribution is 2.43. The zero-order chi connectivity index (χ0) is 40.0. The average Bonchev–Trinajstić information content (AvgIpc) is 3.68. The summed E-state index contributed by atoms with van der Waals surface area (Å²) in [7, 11) is 3.00. The van der Waals surface area contributed by atoms with Gasteiger partial charge in [-0.3, -0.25) is 24.0 Å². The van der Waals surface area contributed by atoms with Gasteiger partial charge in [0.15, 0.2) is 5.60 Å². The number of carbonyl (C=O) groups is 5. The van der Waals surface area contributed by atoms with E-state index in [9.17, 15) is 24.0 Å². The molecule has 4 heterocycles. The number of benzene rings is 1. The molecule has 5 rings (SSSR count). The topological polar surface area (TPSA) is 165 Å². The van der Waals surface area contributed by atoms with Crippen LogP contribution in [0.3, 0.4) is 0 Å². The van der Waals surface area contributed by atoms with Crippen LogP contribution in [0.1, 0.15) is 99.0 Å². The fourth-order valence-corrected chi connectivity index (χ4v) is 7.29. The normalized spacial score (nSPS) is 22.8. The van der Waals surface area contributed by atoms with Gasteiger partial charge in [-0.25, -0.2) is 0 Å². The van der Waals surface area contributed by atoms with E-state index in [0.717, 1.165) is 19.3 Å². The average molecular weight is 776 g/mol. The Morgan fingerprint density at radius 3 is 2.22 bits per heavy atom. The monoisotopic (exact) mass is 775 g/mol.